The second-order valence-corrected chi connectivity index (χ2v) is 7.26. The number of aryl methyl sites for hydroxylation is 1. The van der Waals surface area contributed by atoms with Crippen LogP contribution in [0, 0.1) is 5.92 Å². The number of imidazole rings is 1. The van der Waals surface area contributed by atoms with Crippen molar-refractivity contribution in [3.63, 3.8) is 0 Å². The number of nitrogens with one attached hydrogen (secondary N) is 1. The molecule has 1 aromatic heterocycles. The largest absolute Gasteiger partial charge is 0.345 e. The lowest BCUT2D eigenvalue weighted by molar-refractivity contribution is -0.119. The Bertz CT molecular complexity index is 684. The fourth-order valence-electron chi connectivity index (χ4n) is 2.58. The van der Waals surface area contributed by atoms with Gasteiger partial charge in [0.25, 0.3) is 0 Å². The van der Waals surface area contributed by atoms with Crippen LogP contribution in [0.2, 0.25) is 5.02 Å². The molecule has 1 amide bonds. The standard InChI is InChI=1S/C17H20ClN3OS/c1-21-9-8-19-17(21)16(12-6-7-12)20-15(22)11-23-10-13-4-2-3-5-14(13)18/h2-5,8-9,12,16H,6-7,10-11H2,1H3,(H,20,22)/t16-/m1/s1. The van der Waals surface area contributed by atoms with Crippen molar-refractivity contribution in [2.75, 3.05) is 5.75 Å². The fourth-order valence-corrected chi connectivity index (χ4v) is 3.71. The third-order valence-electron chi connectivity index (χ3n) is 4.00. The molecule has 0 unspecified atom stereocenters. The number of benzene rings is 1. The number of amides is 1. The van der Waals surface area contributed by atoms with E-state index < -0.39 is 0 Å². The van der Waals surface area contributed by atoms with Crippen LogP contribution in [0.4, 0.5) is 0 Å². The molecule has 1 atom stereocenters. The van der Waals surface area contributed by atoms with E-state index in [9.17, 15) is 4.79 Å². The lowest BCUT2D eigenvalue weighted by atomic mass is 10.1. The molecule has 0 bridgehead atoms. The van der Waals surface area contributed by atoms with Gasteiger partial charge in [-0.25, -0.2) is 4.98 Å². The van der Waals surface area contributed by atoms with Crippen LogP contribution in [0.15, 0.2) is 36.7 Å². The first-order valence-electron chi connectivity index (χ1n) is 7.73. The van der Waals surface area contributed by atoms with Crippen molar-refractivity contribution in [1.82, 2.24) is 14.9 Å². The zero-order valence-corrected chi connectivity index (χ0v) is 14.6. The highest BCUT2D eigenvalue weighted by Crippen LogP contribution is 2.40. The summed E-state index contributed by atoms with van der Waals surface area (Å²) in [6.07, 6.45) is 6.02. The SMILES string of the molecule is Cn1ccnc1[C@H](NC(=O)CSCc1ccccc1Cl)C1CC1. The lowest BCUT2D eigenvalue weighted by Crippen LogP contribution is -2.32. The van der Waals surface area contributed by atoms with Gasteiger partial charge in [0.2, 0.25) is 5.91 Å². The van der Waals surface area contributed by atoms with Crippen molar-refractivity contribution < 1.29 is 4.79 Å². The summed E-state index contributed by atoms with van der Waals surface area (Å²) in [5.74, 6) is 2.69. The molecule has 1 N–H and O–H groups in total. The van der Waals surface area contributed by atoms with Gasteiger partial charge in [0.05, 0.1) is 11.8 Å². The molecule has 0 aliphatic heterocycles. The molecular weight excluding hydrogens is 330 g/mol. The van der Waals surface area contributed by atoms with Crippen molar-refractivity contribution in [3.05, 3.63) is 53.1 Å². The summed E-state index contributed by atoms with van der Waals surface area (Å²) in [5, 5.41) is 3.90. The Labute approximate surface area is 145 Å². The van der Waals surface area contributed by atoms with Crippen molar-refractivity contribution in [2.24, 2.45) is 13.0 Å². The topological polar surface area (TPSA) is 46.9 Å². The third-order valence-corrected chi connectivity index (χ3v) is 5.35. The molecule has 1 fully saturated rings. The quantitative estimate of drug-likeness (QED) is 0.831. The highest BCUT2D eigenvalue weighted by atomic mass is 35.5. The normalized spacial score (nSPS) is 15.4. The molecule has 4 nitrogen and oxygen atoms in total. The Morgan fingerprint density at radius 2 is 2.26 bits per heavy atom. The number of nitrogens with zero attached hydrogens (tertiary/aromatic N) is 2. The van der Waals surface area contributed by atoms with E-state index in [1.54, 1.807) is 18.0 Å². The summed E-state index contributed by atoms with van der Waals surface area (Å²) in [6, 6.07) is 7.78. The molecule has 1 aromatic carbocycles. The van der Waals surface area contributed by atoms with Gasteiger partial charge in [-0.3, -0.25) is 4.79 Å². The number of carbonyl (C=O) groups excluding carboxylic acids is 1. The van der Waals surface area contributed by atoms with Crippen molar-refractivity contribution >= 4 is 29.3 Å². The van der Waals surface area contributed by atoms with Gasteiger partial charge in [-0.05, 0) is 30.4 Å². The highest BCUT2D eigenvalue weighted by molar-refractivity contribution is 7.99. The molecule has 3 rings (SSSR count). The summed E-state index contributed by atoms with van der Waals surface area (Å²) in [6.45, 7) is 0. The molecular formula is C17H20ClN3OS. The molecule has 6 heteroatoms. The van der Waals surface area contributed by atoms with Crippen LogP contribution < -0.4 is 5.32 Å². The summed E-state index contributed by atoms with van der Waals surface area (Å²) in [4.78, 5) is 16.7. The van der Waals surface area contributed by atoms with Crippen molar-refractivity contribution in [3.8, 4) is 0 Å². The van der Waals surface area contributed by atoms with Crippen LogP contribution in [0.5, 0.6) is 0 Å². The Morgan fingerprint density at radius 3 is 2.91 bits per heavy atom. The van der Waals surface area contributed by atoms with Gasteiger partial charge in [0.1, 0.15) is 5.82 Å². The second-order valence-electron chi connectivity index (χ2n) is 5.86. The third kappa shape index (κ3) is 4.30. The molecule has 23 heavy (non-hydrogen) atoms. The van der Waals surface area contributed by atoms with E-state index in [-0.39, 0.29) is 11.9 Å². The van der Waals surface area contributed by atoms with Crippen LogP contribution in [-0.4, -0.2) is 21.2 Å². The summed E-state index contributed by atoms with van der Waals surface area (Å²) in [7, 11) is 1.97. The van der Waals surface area contributed by atoms with Gasteiger partial charge in [-0.2, -0.15) is 0 Å². The first-order valence-corrected chi connectivity index (χ1v) is 9.26. The van der Waals surface area contributed by atoms with Crippen LogP contribution in [0.25, 0.3) is 0 Å². The molecule has 2 aromatic rings. The maximum atomic E-state index is 12.3. The molecule has 0 saturated heterocycles. The summed E-state index contributed by atoms with van der Waals surface area (Å²) in [5.41, 5.74) is 1.06. The first kappa shape index (κ1) is 16.4. The molecule has 1 saturated carbocycles. The predicted molar refractivity (Wildman–Crippen MR) is 94.4 cm³/mol. The Balaban J connectivity index is 1.52. The maximum absolute atomic E-state index is 12.3. The lowest BCUT2D eigenvalue weighted by Gasteiger charge is -2.18. The van der Waals surface area contributed by atoms with E-state index in [4.69, 9.17) is 11.6 Å². The smallest absolute Gasteiger partial charge is 0.230 e. The minimum atomic E-state index is 0.0309. The van der Waals surface area contributed by atoms with Gasteiger partial charge in [0, 0.05) is 30.2 Å². The van der Waals surface area contributed by atoms with Crippen LogP contribution in [0.3, 0.4) is 0 Å². The molecule has 0 radical (unpaired) electrons. The van der Waals surface area contributed by atoms with E-state index >= 15 is 0 Å². The average molecular weight is 350 g/mol. The fraction of sp³-hybridized carbons (Fsp3) is 0.412. The Morgan fingerprint density at radius 1 is 1.48 bits per heavy atom. The monoisotopic (exact) mass is 349 g/mol. The average Bonchev–Trinajstić information content (AvgIpc) is 3.29. The number of carbonyl (C=O) groups is 1. The van der Waals surface area contributed by atoms with E-state index in [1.807, 2.05) is 42.1 Å². The van der Waals surface area contributed by atoms with E-state index in [1.165, 1.54) is 0 Å². The number of hydrogen-bond acceptors (Lipinski definition) is 3. The van der Waals surface area contributed by atoms with Crippen LogP contribution in [-0.2, 0) is 17.6 Å². The van der Waals surface area contributed by atoms with E-state index in [0.717, 1.165) is 35.0 Å². The second kappa shape index (κ2) is 7.41. The maximum Gasteiger partial charge on any atom is 0.230 e. The first-order chi connectivity index (χ1) is 11.1. The van der Waals surface area contributed by atoms with Gasteiger partial charge < -0.3 is 9.88 Å². The Hall–Kier alpha value is -1.46. The highest BCUT2D eigenvalue weighted by Gasteiger charge is 2.35. The molecule has 0 spiro atoms. The van der Waals surface area contributed by atoms with E-state index in [0.29, 0.717) is 11.7 Å². The van der Waals surface area contributed by atoms with Gasteiger partial charge in [-0.1, -0.05) is 29.8 Å². The number of rotatable bonds is 7. The van der Waals surface area contributed by atoms with Gasteiger partial charge in [0.15, 0.2) is 0 Å². The predicted octanol–water partition coefficient (Wildman–Crippen LogP) is 3.57. The molecule has 1 aliphatic carbocycles. The van der Waals surface area contributed by atoms with Crippen LogP contribution in [0.1, 0.15) is 30.3 Å². The minimum absolute atomic E-state index is 0.0309. The number of halogens is 1. The van der Waals surface area contributed by atoms with Crippen LogP contribution >= 0.6 is 23.4 Å². The molecule has 122 valence electrons. The zero-order chi connectivity index (χ0) is 16.2. The van der Waals surface area contributed by atoms with E-state index in [2.05, 4.69) is 10.3 Å². The minimum Gasteiger partial charge on any atom is -0.345 e. The van der Waals surface area contributed by atoms with Crippen molar-refractivity contribution in [2.45, 2.75) is 24.6 Å². The number of thioether (sulfide) groups is 1. The number of aromatic nitrogens is 2. The number of hydrogen-bond donors (Lipinski definition) is 1. The Kier molecular flexibility index (Phi) is 5.28. The van der Waals surface area contributed by atoms with Gasteiger partial charge in [-0.15, -0.1) is 11.8 Å². The van der Waals surface area contributed by atoms with Gasteiger partial charge >= 0.3 is 0 Å². The zero-order valence-electron chi connectivity index (χ0n) is 13.0. The molecule has 1 aliphatic rings. The van der Waals surface area contributed by atoms with Crippen molar-refractivity contribution in [1.29, 1.82) is 0 Å². The summed E-state index contributed by atoms with van der Waals surface area (Å²) >= 11 is 7.71. The summed E-state index contributed by atoms with van der Waals surface area (Å²) < 4.78 is 1.99. The molecule has 1 heterocycles.